The maximum atomic E-state index is 11.4. The van der Waals surface area contributed by atoms with Crippen LogP contribution in [0.3, 0.4) is 0 Å². The van der Waals surface area contributed by atoms with Crippen molar-refractivity contribution >= 4 is 11.8 Å². The summed E-state index contributed by atoms with van der Waals surface area (Å²) in [5, 5.41) is 5.51. The Bertz CT molecular complexity index is 947. The van der Waals surface area contributed by atoms with Crippen molar-refractivity contribution in [3.8, 4) is 0 Å². The van der Waals surface area contributed by atoms with Gasteiger partial charge in [-0.15, -0.1) is 0 Å². The molecule has 12 heteroatoms. The van der Waals surface area contributed by atoms with Gasteiger partial charge in [-0.1, -0.05) is 48.5 Å². The highest BCUT2D eigenvalue weighted by Crippen LogP contribution is 2.10. The third kappa shape index (κ3) is 21.1. The first-order valence-corrected chi connectivity index (χ1v) is 12.2. The van der Waals surface area contributed by atoms with E-state index in [0.717, 1.165) is 33.2 Å². The zero-order valence-corrected chi connectivity index (χ0v) is 28.5. The second-order valence-corrected chi connectivity index (χ2v) is 10.9. The van der Waals surface area contributed by atoms with Crippen LogP contribution >= 0.6 is 0 Å². The van der Waals surface area contributed by atoms with Gasteiger partial charge in [-0.05, 0) is 11.1 Å². The molecule has 0 bridgehead atoms. The Balaban J connectivity index is 0. The summed E-state index contributed by atoms with van der Waals surface area (Å²) in [5.74, 6) is 4.47. The standard InChI is InChI=1S/C14H23N3O2.C13H21N3O2.2HI/c1-15-19-11-14(18)16-9-12-5-7-13(8-6-12)10-17(2,3)4;1-16(2,3)9-12-6-4-11(5-7-12)8-15-13(17)10-18-14;;/h5-8,15H,9-11H2,1-4H3;4-7H,8-10,14H2,1-3H3;2*1H. The molecule has 5 N–H and O–H groups in total. The van der Waals surface area contributed by atoms with Crippen molar-refractivity contribution < 1.29 is 76.2 Å². The molecule has 0 aromatic heterocycles. The summed E-state index contributed by atoms with van der Waals surface area (Å²) in [7, 11) is 14.6. The van der Waals surface area contributed by atoms with Crippen molar-refractivity contribution in [1.29, 1.82) is 0 Å². The van der Waals surface area contributed by atoms with E-state index in [2.05, 4.69) is 87.5 Å². The molecule has 2 aromatic carbocycles. The molecule has 2 aromatic rings. The number of carbonyl (C=O) groups is 2. The van der Waals surface area contributed by atoms with E-state index in [9.17, 15) is 9.59 Å². The summed E-state index contributed by atoms with van der Waals surface area (Å²) in [6, 6.07) is 16.5. The van der Waals surface area contributed by atoms with Gasteiger partial charge in [-0.3, -0.25) is 19.3 Å². The fraction of sp³-hybridized carbons (Fsp3) is 0.481. The van der Waals surface area contributed by atoms with Crippen molar-refractivity contribution in [3.63, 3.8) is 0 Å². The quantitative estimate of drug-likeness (QED) is 0.0924. The Morgan fingerprint density at radius 2 is 1.00 bits per heavy atom. The van der Waals surface area contributed by atoms with E-state index in [4.69, 9.17) is 10.7 Å². The second-order valence-electron chi connectivity index (χ2n) is 10.9. The van der Waals surface area contributed by atoms with Crippen LogP contribution in [0.25, 0.3) is 0 Å². The number of amides is 2. The molecule has 0 saturated heterocycles. The predicted molar refractivity (Wildman–Crippen MR) is 145 cm³/mol. The Morgan fingerprint density at radius 3 is 1.31 bits per heavy atom. The zero-order valence-electron chi connectivity index (χ0n) is 24.2. The summed E-state index contributed by atoms with van der Waals surface area (Å²) in [5.41, 5.74) is 7.18. The number of hydroxylamine groups is 1. The van der Waals surface area contributed by atoms with Gasteiger partial charge in [0.05, 0.1) is 42.3 Å². The first-order valence-electron chi connectivity index (χ1n) is 12.2. The van der Waals surface area contributed by atoms with E-state index < -0.39 is 0 Å². The third-order valence-electron chi connectivity index (χ3n) is 4.90. The highest BCUT2D eigenvalue weighted by molar-refractivity contribution is 5.77. The monoisotopic (exact) mass is 772 g/mol. The first kappa shape index (κ1) is 39.7. The number of nitrogens with zero attached hydrogens (tertiary/aromatic N) is 2. The van der Waals surface area contributed by atoms with E-state index in [1.54, 1.807) is 7.05 Å². The number of rotatable bonds is 13. The second kappa shape index (κ2) is 20.5. The Hall–Kier alpha value is -1.40. The van der Waals surface area contributed by atoms with Crippen molar-refractivity contribution in [2.75, 3.05) is 62.5 Å². The molecule has 0 unspecified atom stereocenters. The van der Waals surface area contributed by atoms with Crippen LogP contribution in [-0.4, -0.2) is 83.3 Å². The van der Waals surface area contributed by atoms with Gasteiger partial charge in [0.25, 0.3) is 0 Å². The lowest BCUT2D eigenvalue weighted by Gasteiger charge is -2.23. The topological polar surface area (TPSA) is 115 Å². The number of nitrogens with two attached hydrogens (primary N) is 1. The van der Waals surface area contributed by atoms with Gasteiger partial charge in [0, 0.05) is 31.3 Å². The fourth-order valence-electron chi connectivity index (χ4n) is 3.34. The molecule has 2 rings (SSSR count). The molecule has 2 amide bonds. The minimum absolute atomic E-state index is 0. The lowest BCUT2D eigenvalue weighted by molar-refractivity contribution is -0.884. The molecular formula is C27H46I2N6O4. The molecule has 10 nitrogen and oxygen atoms in total. The van der Waals surface area contributed by atoms with Gasteiger partial charge < -0.3 is 67.6 Å². The van der Waals surface area contributed by atoms with Crippen LogP contribution in [-0.2, 0) is 45.4 Å². The summed E-state index contributed by atoms with van der Waals surface area (Å²) in [6.07, 6.45) is 0. The average molecular weight is 773 g/mol. The number of carbonyl (C=O) groups excluding carboxylic acids is 2. The highest BCUT2D eigenvalue weighted by atomic mass is 127. The van der Waals surface area contributed by atoms with Crippen molar-refractivity contribution in [2.45, 2.75) is 26.2 Å². The zero-order chi connectivity index (χ0) is 27.9. The smallest absolute Gasteiger partial charge is 0.248 e. The Kier molecular flexibility index (Phi) is 20.9. The van der Waals surface area contributed by atoms with Crippen LogP contribution in [0.1, 0.15) is 22.3 Å². The lowest BCUT2D eigenvalue weighted by Crippen LogP contribution is -3.00. The predicted octanol–water partition coefficient (Wildman–Crippen LogP) is -4.93. The third-order valence-corrected chi connectivity index (χ3v) is 4.90. The molecule has 0 aliphatic rings. The maximum absolute atomic E-state index is 11.4. The number of nitrogens with one attached hydrogen (secondary N) is 3. The molecule has 0 atom stereocenters. The molecular weight excluding hydrogens is 726 g/mol. The number of hydrogen-bond acceptors (Lipinski definition) is 6. The average Bonchev–Trinajstić information content (AvgIpc) is 2.80. The molecule has 0 spiro atoms. The van der Waals surface area contributed by atoms with E-state index in [0.29, 0.717) is 13.1 Å². The molecule has 0 saturated carbocycles. The van der Waals surface area contributed by atoms with Crippen molar-refractivity contribution in [3.05, 3.63) is 70.8 Å². The van der Waals surface area contributed by atoms with Gasteiger partial charge in [-0.25, -0.2) is 11.4 Å². The van der Waals surface area contributed by atoms with E-state index in [1.165, 1.54) is 11.1 Å². The van der Waals surface area contributed by atoms with Gasteiger partial charge in [0.15, 0.2) is 0 Å². The van der Waals surface area contributed by atoms with Crippen molar-refractivity contribution in [2.24, 2.45) is 5.90 Å². The van der Waals surface area contributed by atoms with Crippen LogP contribution in [0.2, 0.25) is 0 Å². The normalized spacial score (nSPS) is 10.8. The van der Waals surface area contributed by atoms with E-state index in [-0.39, 0.29) is 73.0 Å². The molecule has 222 valence electrons. The largest absolute Gasteiger partial charge is 1.00 e. The van der Waals surface area contributed by atoms with Gasteiger partial charge >= 0.3 is 0 Å². The van der Waals surface area contributed by atoms with E-state index in [1.807, 2.05) is 24.3 Å². The minimum Gasteiger partial charge on any atom is -1.00 e. The number of halogens is 2. The minimum atomic E-state index is -0.215. The number of benzene rings is 2. The van der Waals surface area contributed by atoms with Gasteiger partial charge in [0.1, 0.15) is 26.3 Å². The van der Waals surface area contributed by atoms with Gasteiger partial charge in [0.2, 0.25) is 11.8 Å². The van der Waals surface area contributed by atoms with Crippen LogP contribution in [0.15, 0.2) is 48.5 Å². The molecule has 39 heavy (non-hydrogen) atoms. The number of quaternary nitrogens is 2. The molecule has 0 radical (unpaired) electrons. The van der Waals surface area contributed by atoms with Crippen LogP contribution in [0, 0.1) is 0 Å². The Morgan fingerprint density at radius 1 is 0.667 bits per heavy atom. The van der Waals surface area contributed by atoms with Crippen LogP contribution < -0.4 is 70.0 Å². The molecule has 0 aliphatic carbocycles. The summed E-state index contributed by atoms with van der Waals surface area (Å²) >= 11 is 0. The molecule has 0 fully saturated rings. The first-order chi connectivity index (χ1) is 17.3. The van der Waals surface area contributed by atoms with Crippen LogP contribution in [0.4, 0.5) is 0 Å². The number of hydrogen-bond donors (Lipinski definition) is 4. The molecule has 0 heterocycles. The van der Waals surface area contributed by atoms with Crippen LogP contribution in [0.5, 0.6) is 0 Å². The Labute approximate surface area is 268 Å². The highest BCUT2D eigenvalue weighted by Gasteiger charge is 2.09. The van der Waals surface area contributed by atoms with Gasteiger partial charge in [-0.2, -0.15) is 0 Å². The van der Waals surface area contributed by atoms with E-state index >= 15 is 0 Å². The summed E-state index contributed by atoms with van der Waals surface area (Å²) < 4.78 is 1.79. The summed E-state index contributed by atoms with van der Waals surface area (Å²) in [4.78, 5) is 31.5. The SMILES string of the molecule is CNOCC(=O)NCc1ccc(C[N+](C)(C)C)cc1.C[N+](C)(C)Cc1ccc(CNC(=O)CON)cc1.[I-].[I-]. The van der Waals surface area contributed by atoms with Crippen molar-refractivity contribution in [1.82, 2.24) is 16.1 Å². The fourth-order valence-corrected chi connectivity index (χ4v) is 3.34. The molecule has 0 aliphatic heterocycles. The summed E-state index contributed by atoms with van der Waals surface area (Å²) in [6.45, 7) is 2.90. The lowest BCUT2D eigenvalue weighted by atomic mass is 10.1. The maximum Gasteiger partial charge on any atom is 0.248 e.